The highest BCUT2D eigenvalue weighted by Gasteiger charge is 2.33. The molecule has 2 unspecified atom stereocenters. The Morgan fingerprint density at radius 2 is 2.53 bits per heavy atom. The number of aryl methyl sites for hydroxylation is 1. The summed E-state index contributed by atoms with van der Waals surface area (Å²) in [7, 11) is 1.82. The lowest BCUT2D eigenvalue weighted by atomic mass is 9.92. The summed E-state index contributed by atoms with van der Waals surface area (Å²) in [5.74, 6) is 0.201. The zero-order chi connectivity index (χ0) is 10.8. The normalized spacial score (nSPS) is 25.7. The van der Waals surface area contributed by atoms with E-state index in [1.165, 1.54) is 0 Å². The molecule has 1 aromatic rings. The van der Waals surface area contributed by atoms with Crippen LogP contribution < -0.4 is 0 Å². The quantitative estimate of drug-likeness (QED) is 0.705. The zero-order valence-electron chi connectivity index (χ0n) is 9.14. The van der Waals surface area contributed by atoms with Crippen LogP contribution in [0.25, 0.3) is 0 Å². The molecule has 0 amide bonds. The molecule has 2 heterocycles. The molecule has 4 nitrogen and oxygen atoms in total. The molecule has 0 saturated carbocycles. The predicted molar refractivity (Wildman–Crippen MR) is 55.7 cm³/mol. The van der Waals surface area contributed by atoms with Crippen LogP contribution in [0.2, 0.25) is 0 Å². The van der Waals surface area contributed by atoms with E-state index in [2.05, 4.69) is 12.0 Å². The first-order chi connectivity index (χ1) is 7.22. The number of ether oxygens (including phenoxy) is 1. The highest BCUT2D eigenvalue weighted by molar-refractivity contribution is 5.97. The van der Waals surface area contributed by atoms with E-state index in [1.807, 2.05) is 7.05 Å². The van der Waals surface area contributed by atoms with E-state index < -0.39 is 0 Å². The van der Waals surface area contributed by atoms with Gasteiger partial charge in [0.05, 0.1) is 23.8 Å². The van der Waals surface area contributed by atoms with E-state index in [4.69, 9.17) is 4.74 Å². The molecule has 15 heavy (non-hydrogen) atoms. The standard InChI is InChI=1S/C11H16N2O2/c1-3-10-9(4-5-15-10)11(14)8-6-12-13(2)7-8/h6-7,9-10H,3-5H2,1-2H3. The Balaban J connectivity index is 2.13. The van der Waals surface area contributed by atoms with Crippen LogP contribution in [0.1, 0.15) is 30.1 Å². The van der Waals surface area contributed by atoms with Crippen molar-refractivity contribution in [2.45, 2.75) is 25.9 Å². The Hall–Kier alpha value is -1.16. The fourth-order valence-corrected chi connectivity index (χ4v) is 2.11. The Morgan fingerprint density at radius 3 is 3.13 bits per heavy atom. The minimum absolute atomic E-state index is 0.0270. The van der Waals surface area contributed by atoms with Gasteiger partial charge in [0.2, 0.25) is 0 Å². The zero-order valence-corrected chi connectivity index (χ0v) is 9.14. The second-order valence-corrected chi connectivity index (χ2v) is 3.98. The summed E-state index contributed by atoms with van der Waals surface area (Å²) in [4.78, 5) is 12.1. The van der Waals surface area contributed by atoms with E-state index in [0.717, 1.165) is 12.8 Å². The van der Waals surface area contributed by atoms with Gasteiger partial charge in [0, 0.05) is 19.9 Å². The van der Waals surface area contributed by atoms with Crippen molar-refractivity contribution >= 4 is 5.78 Å². The summed E-state index contributed by atoms with van der Waals surface area (Å²) < 4.78 is 7.17. The minimum atomic E-state index is 0.0270. The SMILES string of the molecule is CCC1OCCC1C(=O)c1cnn(C)c1. The smallest absolute Gasteiger partial charge is 0.171 e. The lowest BCUT2D eigenvalue weighted by Crippen LogP contribution is -2.23. The van der Waals surface area contributed by atoms with Gasteiger partial charge >= 0.3 is 0 Å². The van der Waals surface area contributed by atoms with E-state index in [9.17, 15) is 4.79 Å². The van der Waals surface area contributed by atoms with Gasteiger partial charge in [0.1, 0.15) is 0 Å². The number of hydrogen-bond donors (Lipinski definition) is 0. The number of carbonyl (C=O) groups excluding carboxylic acids is 1. The number of nitrogens with zero attached hydrogens (tertiary/aromatic N) is 2. The first-order valence-electron chi connectivity index (χ1n) is 5.37. The van der Waals surface area contributed by atoms with Crippen molar-refractivity contribution in [1.29, 1.82) is 0 Å². The number of rotatable bonds is 3. The molecular formula is C11H16N2O2. The third kappa shape index (κ3) is 1.95. The Kier molecular flexibility index (Phi) is 2.86. The van der Waals surface area contributed by atoms with E-state index in [0.29, 0.717) is 12.2 Å². The van der Waals surface area contributed by atoms with Gasteiger partial charge in [0.15, 0.2) is 5.78 Å². The maximum atomic E-state index is 12.1. The molecule has 1 aliphatic heterocycles. The number of aromatic nitrogens is 2. The van der Waals surface area contributed by atoms with Gasteiger partial charge in [-0.3, -0.25) is 9.48 Å². The topological polar surface area (TPSA) is 44.1 Å². The Bertz CT molecular complexity index is 359. The molecule has 2 rings (SSSR count). The van der Waals surface area contributed by atoms with Gasteiger partial charge in [-0.15, -0.1) is 0 Å². The third-order valence-corrected chi connectivity index (χ3v) is 2.94. The lowest BCUT2D eigenvalue weighted by molar-refractivity contribution is 0.0689. The van der Waals surface area contributed by atoms with Crippen molar-refractivity contribution in [2.75, 3.05) is 6.61 Å². The maximum absolute atomic E-state index is 12.1. The van der Waals surface area contributed by atoms with E-state index >= 15 is 0 Å². The summed E-state index contributed by atoms with van der Waals surface area (Å²) in [6.07, 6.45) is 5.24. The van der Waals surface area contributed by atoms with Gasteiger partial charge < -0.3 is 4.74 Å². The molecule has 0 radical (unpaired) electrons. The van der Waals surface area contributed by atoms with Crippen LogP contribution in [-0.2, 0) is 11.8 Å². The molecule has 4 heteroatoms. The Morgan fingerprint density at radius 1 is 1.73 bits per heavy atom. The van der Waals surface area contributed by atoms with Crippen LogP contribution in [-0.4, -0.2) is 28.3 Å². The van der Waals surface area contributed by atoms with Gasteiger partial charge in [0.25, 0.3) is 0 Å². The molecule has 0 spiro atoms. The van der Waals surface area contributed by atoms with Gasteiger partial charge in [-0.25, -0.2) is 0 Å². The minimum Gasteiger partial charge on any atom is -0.377 e. The summed E-state index contributed by atoms with van der Waals surface area (Å²) in [6, 6.07) is 0. The number of carbonyl (C=O) groups is 1. The lowest BCUT2D eigenvalue weighted by Gasteiger charge is -2.14. The van der Waals surface area contributed by atoms with Crippen molar-refractivity contribution in [3.63, 3.8) is 0 Å². The molecule has 0 aromatic carbocycles. The summed E-state index contributed by atoms with van der Waals surface area (Å²) in [5.41, 5.74) is 0.700. The van der Waals surface area contributed by atoms with Crippen molar-refractivity contribution in [3.05, 3.63) is 18.0 Å². The maximum Gasteiger partial charge on any atom is 0.171 e. The molecule has 0 bridgehead atoms. The molecule has 0 aliphatic carbocycles. The van der Waals surface area contributed by atoms with Crippen LogP contribution in [0.15, 0.2) is 12.4 Å². The molecule has 1 aliphatic rings. The monoisotopic (exact) mass is 208 g/mol. The summed E-state index contributed by atoms with van der Waals surface area (Å²) in [6.45, 7) is 2.76. The molecule has 1 saturated heterocycles. The van der Waals surface area contributed by atoms with Crippen LogP contribution in [0.5, 0.6) is 0 Å². The molecule has 0 N–H and O–H groups in total. The van der Waals surface area contributed by atoms with Gasteiger partial charge in [-0.1, -0.05) is 6.92 Å². The molecule has 1 aromatic heterocycles. The second-order valence-electron chi connectivity index (χ2n) is 3.98. The average Bonchev–Trinajstić information content (AvgIpc) is 2.84. The fraction of sp³-hybridized carbons (Fsp3) is 0.636. The van der Waals surface area contributed by atoms with Crippen molar-refractivity contribution in [3.8, 4) is 0 Å². The first kappa shape index (κ1) is 10.4. The van der Waals surface area contributed by atoms with Crippen LogP contribution in [0.4, 0.5) is 0 Å². The number of Topliss-reactive ketones (excluding diaryl/α,β-unsaturated/α-hetero) is 1. The highest BCUT2D eigenvalue weighted by atomic mass is 16.5. The van der Waals surface area contributed by atoms with Crippen LogP contribution in [0, 0.1) is 5.92 Å². The number of hydrogen-bond acceptors (Lipinski definition) is 3. The molecule has 1 fully saturated rings. The average molecular weight is 208 g/mol. The van der Waals surface area contributed by atoms with E-state index in [-0.39, 0.29) is 17.8 Å². The first-order valence-corrected chi connectivity index (χ1v) is 5.37. The van der Waals surface area contributed by atoms with Gasteiger partial charge in [-0.05, 0) is 12.8 Å². The largest absolute Gasteiger partial charge is 0.377 e. The molecule has 82 valence electrons. The Labute approximate surface area is 89.2 Å². The summed E-state index contributed by atoms with van der Waals surface area (Å²) >= 11 is 0. The van der Waals surface area contributed by atoms with Gasteiger partial charge in [-0.2, -0.15) is 5.10 Å². The van der Waals surface area contributed by atoms with Crippen molar-refractivity contribution in [1.82, 2.24) is 9.78 Å². The fourth-order valence-electron chi connectivity index (χ4n) is 2.11. The van der Waals surface area contributed by atoms with E-state index in [1.54, 1.807) is 17.1 Å². The van der Waals surface area contributed by atoms with Crippen LogP contribution >= 0.6 is 0 Å². The van der Waals surface area contributed by atoms with Crippen LogP contribution in [0.3, 0.4) is 0 Å². The van der Waals surface area contributed by atoms with Crippen molar-refractivity contribution in [2.24, 2.45) is 13.0 Å². The summed E-state index contributed by atoms with van der Waals surface area (Å²) in [5, 5.41) is 4.01. The third-order valence-electron chi connectivity index (χ3n) is 2.94. The molecular weight excluding hydrogens is 192 g/mol. The predicted octanol–water partition coefficient (Wildman–Crippen LogP) is 1.42. The second kappa shape index (κ2) is 4.14. The molecule has 2 atom stereocenters. The van der Waals surface area contributed by atoms with Crippen molar-refractivity contribution < 1.29 is 9.53 Å². The number of ketones is 1. The highest BCUT2D eigenvalue weighted by Crippen LogP contribution is 2.26.